The Labute approximate surface area is 117 Å². The van der Waals surface area contributed by atoms with Crippen molar-refractivity contribution in [2.75, 3.05) is 18.5 Å². The van der Waals surface area contributed by atoms with Gasteiger partial charge in [-0.25, -0.2) is 0 Å². The van der Waals surface area contributed by atoms with Gasteiger partial charge in [0.1, 0.15) is 0 Å². The van der Waals surface area contributed by atoms with Crippen molar-refractivity contribution in [2.45, 2.75) is 32.6 Å². The van der Waals surface area contributed by atoms with Crippen molar-refractivity contribution >= 4 is 11.4 Å². The summed E-state index contributed by atoms with van der Waals surface area (Å²) >= 11 is 0. The van der Waals surface area contributed by atoms with Crippen LogP contribution in [0.2, 0.25) is 0 Å². The van der Waals surface area contributed by atoms with Crippen LogP contribution in [0, 0.1) is 10.1 Å². The highest BCUT2D eigenvalue weighted by Crippen LogP contribution is 2.24. The molecule has 0 amide bonds. The van der Waals surface area contributed by atoms with E-state index in [0.29, 0.717) is 12.2 Å². The van der Waals surface area contributed by atoms with Crippen LogP contribution >= 0.6 is 0 Å². The Bertz CT molecular complexity index is 485. The van der Waals surface area contributed by atoms with Crippen LogP contribution in [0.4, 0.5) is 11.4 Å². The van der Waals surface area contributed by atoms with E-state index in [0.717, 1.165) is 18.7 Å². The second-order valence-electron chi connectivity index (χ2n) is 5.19. The maximum absolute atomic E-state index is 10.9. The van der Waals surface area contributed by atoms with E-state index in [1.54, 1.807) is 12.1 Å². The average molecular weight is 280 g/mol. The Morgan fingerprint density at radius 1 is 1.45 bits per heavy atom. The number of nitrogens with zero attached hydrogens (tertiary/aromatic N) is 2. The smallest absolute Gasteiger partial charge is 0.269 e. The number of non-ortho nitro benzene ring substituents is 1. The van der Waals surface area contributed by atoms with Gasteiger partial charge in [0, 0.05) is 31.8 Å². The number of hydrogen-bond acceptors (Lipinski definition) is 6. The number of rotatable bonds is 4. The molecular formula is C13H20N4O3. The van der Waals surface area contributed by atoms with Gasteiger partial charge in [0.2, 0.25) is 0 Å². The maximum Gasteiger partial charge on any atom is 0.269 e. The van der Waals surface area contributed by atoms with E-state index < -0.39 is 4.92 Å². The summed E-state index contributed by atoms with van der Waals surface area (Å²) in [6, 6.07) is 4.66. The Morgan fingerprint density at radius 3 is 2.65 bits per heavy atom. The first-order valence-electron chi connectivity index (χ1n) is 6.61. The van der Waals surface area contributed by atoms with Gasteiger partial charge in [-0.2, -0.15) is 0 Å². The number of nitro benzene ring substituents is 1. The molecule has 1 aliphatic heterocycles. The minimum Gasteiger partial charge on any atom is -0.373 e. The first kappa shape index (κ1) is 14.7. The molecule has 3 N–H and O–H groups in total. The van der Waals surface area contributed by atoms with E-state index in [2.05, 4.69) is 10.3 Å². The van der Waals surface area contributed by atoms with Crippen molar-refractivity contribution < 1.29 is 9.66 Å². The van der Waals surface area contributed by atoms with Crippen LogP contribution in [-0.2, 0) is 11.3 Å². The van der Waals surface area contributed by atoms with Gasteiger partial charge in [0.05, 0.1) is 22.8 Å². The number of ether oxygens (including phenoxy) is 1. The van der Waals surface area contributed by atoms with E-state index in [1.165, 1.54) is 6.07 Å². The van der Waals surface area contributed by atoms with Crippen LogP contribution in [0.25, 0.3) is 0 Å². The summed E-state index contributed by atoms with van der Waals surface area (Å²) in [4.78, 5) is 12.7. The zero-order valence-electron chi connectivity index (χ0n) is 11.7. The van der Waals surface area contributed by atoms with Crippen LogP contribution in [-0.4, -0.2) is 35.1 Å². The molecule has 2 atom stereocenters. The zero-order chi connectivity index (χ0) is 14.7. The third-order valence-electron chi connectivity index (χ3n) is 3.34. The summed E-state index contributed by atoms with van der Waals surface area (Å²) in [6.07, 6.45) is 0.318. The van der Waals surface area contributed by atoms with E-state index in [9.17, 15) is 10.1 Å². The fourth-order valence-corrected chi connectivity index (χ4v) is 2.62. The summed E-state index contributed by atoms with van der Waals surface area (Å²) in [6.45, 7) is 6.27. The van der Waals surface area contributed by atoms with Gasteiger partial charge >= 0.3 is 0 Å². The van der Waals surface area contributed by atoms with E-state index in [-0.39, 0.29) is 17.9 Å². The Balaban J connectivity index is 2.18. The predicted molar refractivity (Wildman–Crippen MR) is 76.2 cm³/mol. The lowest BCUT2D eigenvalue weighted by molar-refractivity contribution is -0.384. The van der Waals surface area contributed by atoms with Gasteiger partial charge in [-0.1, -0.05) is 0 Å². The highest BCUT2D eigenvalue weighted by atomic mass is 16.6. The first-order chi connectivity index (χ1) is 9.49. The maximum atomic E-state index is 10.9. The van der Waals surface area contributed by atoms with Crippen LogP contribution in [0.1, 0.15) is 19.4 Å². The van der Waals surface area contributed by atoms with Crippen molar-refractivity contribution in [2.24, 2.45) is 5.84 Å². The van der Waals surface area contributed by atoms with Crippen molar-refractivity contribution in [3.05, 3.63) is 33.9 Å². The molecule has 0 unspecified atom stereocenters. The molecule has 110 valence electrons. The quantitative estimate of drug-likeness (QED) is 0.493. The number of nitrogens with two attached hydrogens (primary N) is 1. The van der Waals surface area contributed by atoms with Crippen LogP contribution in [0.5, 0.6) is 0 Å². The van der Waals surface area contributed by atoms with Crippen molar-refractivity contribution in [3.63, 3.8) is 0 Å². The molecule has 1 fully saturated rings. The monoisotopic (exact) mass is 280 g/mol. The number of benzene rings is 1. The normalized spacial score (nSPS) is 23.6. The summed E-state index contributed by atoms with van der Waals surface area (Å²) in [7, 11) is 0. The highest BCUT2D eigenvalue weighted by Gasteiger charge is 2.23. The molecule has 1 saturated heterocycles. The summed E-state index contributed by atoms with van der Waals surface area (Å²) in [5.74, 6) is 5.47. The lowest BCUT2D eigenvalue weighted by Crippen LogP contribution is -2.44. The number of anilines is 1. The molecule has 7 nitrogen and oxygen atoms in total. The van der Waals surface area contributed by atoms with Gasteiger partial charge in [0.25, 0.3) is 5.69 Å². The molecule has 1 heterocycles. The lowest BCUT2D eigenvalue weighted by atomic mass is 10.1. The minimum absolute atomic E-state index is 0.0772. The van der Waals surface area contributed by atoms with E-state index in [1.807, 2.05) is 13.8 Å². The molecule has 0 saturated carbocycles. The fourth-order valence-electron chi connectivity index (χ4n) is 2.62. The third kappa shape index (κ3) is 3.44. The summed E-state index contributed by atoms with van der Waals surface area (Å²) in [5.41, 5.74) is 4.20. The Morgan fingerprint density at radius 2 is 2.10 bits per heavy atom. The number of nitrogens with one attached hydrogen (secondary N) is 1. The third-order valence-corrected chi connectivity index (χ3v) is 3.34. The predicted octanol–water partition coefficient (Wildman–Crippen LogP) is 1.49. The number of nitrogen functional groups attached to an aromatic ring is 1. The van der Waals surface area contributed by atoms with E-state index >= 15 is 0 Å². The fraction of sp³-hybridized carbons (Fsp3) is 0.538. The average Bonchev–Trinajstić information content (AvgIpc) is 2.37. The highest BCUT2D eigenvalue weighted by molar-refractivity contribution is 5.55. The van der Waals surface area contributed by atoms with Crippen LogP contribution in [0.15, 0.2) is 18.2 Å². The first-order valence-corrected chi connectivity index (χ1v) is 6.61. The second-order valence-corrected chi connectivity index (χ2v) is 5.19. The molecule has 7 heteroatoms. The summed E-state index contributed by atoms with van der Waals surface area (Å²) < 4.78 is 5.68. The Kier molecular flexibility index (Phi) is 4.53. The molecule has 0 bridgehead atoms. The molecule has 2 rings (SSSR count). The molecule has 20 heavy (non-hydrogen) atoms. The van der Waals surface area contributed by atoms with Gasteiger partial charge in [-0.05, 0) is 25.5 Å². The Hall–Kier alpha value is -1.70. The molecule has 0 aromatic heterocycles. The van der Waals surface area contributed by atoms with Crippen molar-refractivity contribution in [1.29, 1.82) is 0 Å². The van der Waals surface area contributed by atoms with Crippen LogP contribution < -0.4 is 11.3 Å². The number of hydrogen-bond donors (Lipinski definition) is 2. The van der Waals surface area contributed by atoms with Gasteiger partial charge in [-0.15, -0.1) is 0 Å². The van der Waals surface area contributed by atoms with Crippen LogP contribution in [0.3, 0.4) is 0 Å². The van der Waals surface area contributed by atoms with Gasteiger partial charge in [-0.3, -0.25) is 20.9 Å². The summed E-state index contributed by atoms with van der Waals surface area (Å²) in [5, 5.41) is 10.9. The van der Waals surface area contributed by atoms with Gasteiger partial charge in [0.15, 0.2) is 0 Å². The number of morpholine rings is 1. The molecule has 1 aromatic carbocycles. The molecule has 0 spiro atoms. The largest absolute Gasteiger partial charge is 0.373 e. The molecule has 1 aliphatic rings. The van der Waals surface area contributed by atoms with Crippen molar-refractivity contribution in [1.82, 2.24) is 4.90 Å². The molecular weight excluding hydrogens is 260 g/mol. The number of hydrazine groups is 1. The number of nitro groups is 1. The van der Waals surface area contributed by atoms with Gasteiger partial charge < -0.3 is 10.2 Å². The van der Waals surface area contributed by atoms with Crippen molar-refractivity contribution in [3.8, 4) is 0 Å². The minimum atomic E-state index is -0.394. The topological polar surface area (TPSA) is 93.7 Å². The lowest BCUT2D eigenvalue weighted by Gasteiger charge is -2.35. The zero-order valence-corrected chi connectivity index (χ0v) is 11.7. The standard InChI is InChI=1S/C13H20N4O3/c1-9-6-16(7-10(2)20-9)8-11-5-12(17(18)19)3-4-13(11)15-14/h3-5,9-10,15H,6-8,14H2,1-2H3/t9-,10+. The molecule has 0 aliphatic carbocycles. The molecule has 0 radical (unpaired) electrons. The molecule has 1 aromatic rings. The van der Waals surface area contributed by atoms with E-state index in [4.69, 9.17) is 10.6 Å². The second kappa shape index (κ2) is 6.17. The SMILES string of the molecule is C[C@@H]1CN(Cc2cc([N+](=O)[O-])ccc2NN)C[C@H](C)O1.